The molecule has 7 heteroatoms. The zero-order chi connectivity index (χ0) is 15.8. The Morgan fingerprint density at radius 2 is 1.96 bits per heavy atom. The SMILES string of the molecule is O=C(c1nc2sccn2c1-c1ccc(F)cc1)N1CCOCC1. The maximum absolute atomic E-state index is 13.2. The third-order valence-corrected chi connectivity index (χ3v) is 4.64. The molecule has 2 aromatic heterocycles. The highest BCUT2D eigenvalue weighted by molar-refractivity contribution is 7.15. The van der Waals surface area contributed by atoms with E-state index in [1.165, 1.54) is 23.5 Å². The average molecular weight is 331 g/mol. The molecule has 0 saturated carbocycles. The van der Waals surface area contributed by atoms with Crippen LogP contribution in [0.25, 0.3) is 16.2 Å². The average Bonchev–Trinajstić information content (AvgIpc) is 3.17. The molecule has 23 heavy (non-hydrogen) atoms. The highest BCUT2D eigenvalue weighted by Crippen LogP contribution is 2.28. The van der Waals surface area contributed by atoms with Crippen LogP contribution in [0.4, 0.5) is 4.39 Å². The number of carbonyl (C=O) groups is 1. The molecule has 3 heterocycles. The largest absolute Gasteiger partial charge is 0.378 e. The van der Waals surface area contributed by atoms with Crippen molar-refractivity contribution in [3.63, 3.8) is 0 Å². The second-order valence-electron chi connectivity index (χ2n) is 5.28. The van der Waals surface area contributed by atoms with E-state index in [9.17, 15) is 9.18 Å². The summed E-state index contributed by atoms with van der Waals surface area (Å²) in [4.78, 5) is 19.9. The highest BCUT2D eigenvalue weighted by atomic mass is 32.1. The predicted octanol–water partition coefficient (Wildman–Crippen LogP) is 2.67. The molecule has 118 valence electrons. The number of hydrogen-bond donors (Lipinski definition) is 0. The summed E-state index contributed by atoms with van der Waals surface area (Å²) in [5, 5.41) is 1.92. The van der Waals surface area contributed by atoms with Gasteiger partial charge in [-0.05, 0) is 24.3 Å². The molecule has 3 aromatic rings. The number of rotatable bonds is 2. The van der Waals surface area contributed by atoms with Crippen molar-refractivity contribution < 1.29 is 13.9 Å². The van der Waals surface area contributed by atoms with E-state index in [0.717, 1.165) is 10.5 Å². The van der Waals surface area contributed by atoms with Crippen molar-refractivity contribution in [3.8, 4) is 11.3 Å². The van der Waals surface area contributed by atoms with Gasteiger partial charge in [-0.25, -0.2) is 9.37 Å². The Morgan fingerprint density at radius 3 is 2.70 bits per heavy atom. The molecule has 1 amide bonds. The van der Waals surface area contributed by atoms with Crippen LogP contribution in [-0.4, -0.2) is 46.5 Å². The van der Waals surface area contributed by atoms with Crippen LogP contribution in [0.3, 0.4) is 0 Å². The Hall–Kier alpha value is -2.25. The Kier molecular flexibility index (Phi) is 3.59. The molecular weight excluding hydrogens is 317 g/mol. The molecule has 0 bridgehead atoms. The third kappa shape index (κ3) is 2.51. The molecule has 0 atom stereocenters. The van der Waals surface area contributed by atoms with Gasteiger partial charge in [-0.3, -0.25) is 9.20 Å². The van der Waals surface area contributed by atoms with Gasteiger partial charge in [0.1, 0.15) is 5.82 Å². The van der Waals surface area contributed by atoms with Gasteiger partial charge < -0.3 is 9.64 Å². The highest BCUT2D eigenvalue weighted by Gasteiger charge is 2.26. The lowest BCUT2D eigenvalue weighted by molar-refractivity contribution is 0.0300. The maximum atomic E-state index is 13.2. The zero-order valence-electron chi connectivity index (χ0n) is 12.2. The van der Waals surface area contributed by atoms with Crippen LogP contribution >= 0.6 is 11.3 Å². The van der Waals surface area contributed by atoms with E-state index >= 15 is 0 Å². The van der Waals surface area contributed by atoms with Crippen LogP contribution in [0, 0.1) is 5.82 Å². The summed E-state index contributed by atoms with van der Waals surface area (Å²) in [5.41, 5.74) is 1.89. The Labute approximate surface area is 135 Å². The summed E-state index contributed by atoms with van der Waals surface area (Å²) in [5.74, 6) is -0.413. The normalized spacial score (nSPS) is 15.3. The fourth-order valence-corrected chi connectivity index (χ4v) is 3.45. The van der Waals surface area contributed by atoms with Gasteiger partial charge >= 0.3 is 0 Å². The van der Waals surface area contributed by atoms with Crippen molar-refractivity contribution in [2.24, 2.45) is 0 Å². The minimum atomic E-state index is -0.305. The van der Waals surface area contributed by atoms with Gasteiger partial charge in [0, 0.05) is 30.2 Å². The standard InChI is InChI=1S/C16H14FN3O2S/c17-12-3-1-11(2-4-12)14-13(18-16-20(14)7-10-23-16)15(21)19-5-8-22-9-6-19/h1-4,7,10H,5-6,8-9H2. The number of hydrogen-bond acceptors (Lipinski definition) is 4. The van der Waals surface area contributed by atoms with Gasteiger partial charge in [0.2, 0.25) is 0 Å². The van der Waals surface area contributed by atoms with Gasteiger partial charge in [-0.1, -0.05) is 0 Å². The van der Waals surface area contributed by atoms with Crippen LogP contribution in [0.1, 0.15) is 10.5 Å². The number of imidazole rings is 1. The van der Waals surface area contributed by atoms with Crippen LogP contribution in [0.2, 0.25) is 0 Å². The summed E-state index contributed by atoms with van der Waals surface area (Å²) in [6.45, 7) is 2.21. The first-order chi connectivity index (χ1) is 11.2. The number of carbonyl (C=O) groups excluding carboxylic acids is 1. The molecule has 0 unspecified atom stereocenters. The third-order valence-electron chi connectivity index (χ3n) is 3.88. The second-order valence-corrected chi connectivity index (χ2v) is 6.15. The molecule has 0 spiro atoms. The summed E-state index contributed by atoms with van der Waals surface area (Å²) in [7, 11) is 0. The Morgan fingerprint density at radius 1 is 1.22 bits per heavy atom. The summed E-state index contributed by atoms with van der Waals surface area (Å²) < 4.78 is 20.4. The van der Waals surface area contributed by atoms with Gasteiger partial charge in [-0.15, -0.1) is 11.3 Å². The van der Waals surface area contributed by atoms with Gasteiger partial charge in [0.15, 0.2) is 10.7 Å². The molecular formula is C16H14FN3O2S. The fraction of sp³-hybridized carbons (Fsp3) is 0.250. The first-order valence-electron chi connectivity index (χ1n) is 7.32. The van der Waals surface area contributed by atoms with Gasteiger partial charge in [0.25, 0.3) is 5.91 Å². The number of ether oxygens (including phenoxy) is 1. The van der Waals surface area contributed by atoms with Crippen LogP contribution in [0.15, 0.2) is 35.8 Å². The number of amides is 1. The van der Waals surface area contributed by atoms with E-state index in [2.05, 4.69) is 4.98 Å². The van der Waals surface area contributed by atoms with Crippen LogP contribution < -0.4 is 0 Å². The summed E-state index contributed by atoms with van der Waals surface area (Å²) >= 11 is 1.47. The second kappa shape index (κ2) is 5.75. The quantitative estimate of drug-likeness (QED) is 0.725. The minimum absolute atomic E-state index is 0.108. The van der Waals surface area contributed by atoms with E-state index in [-0.39, 0.29) is 11.7 Å². The van der Waals surface area contributed by atoms with E-state index in [1.54, 1.807) is 17.0 Å². The number of nitrogens with zero attached hydrogens (tertiary/aromatic N) is 3. The molecule has 4 rings (SSSR count). The molecule has 5 nitrogen and oxygen atoms in total. The monoisotopic (exact) mass is 331 g/mol. The van der Waals surface area contributed by atoms with Crippen molar-refractivity contribution in [2.45, 2.75) is 0 Å². The van der Waals surface area contributed by atoms with Gasteiger partial charge in [0.05, 0.1) is 18.9 Å². The molecule has 1 saturated heterocycles. The number of halogens is 1. The molecule has 1 aliphatic rings. The molecule has 0 radical (unpaired) electrons. The van der Waals surface area contributed by atoms with Crippen molar-refractivity contribution in [2.75, 3.05) is 26.3 Å². The molecule has 1 fully saturated rings. The molecule has 0 N–H and O–H groups in total. The van der Waals surface area contributed by atoms with E-state index in [4.69, 9.17) is 4.74 Å². The zero-order valence-corrected chi connectivity index (χ0v) is 13.1. The lowest BCUT2D eigenvalue weighted by Gasteiger charge is -2.26. The van der Waals surface area contributed by atoms with Crippen molar-refractivity contribution in [1.82, 2.24) is 14.3 Å². The first kappa shape index (κ1) is 14.3. The number of benzene rings is 1. The lowest BCUT2D eigenvalue weighted by atomic mass is 10.1. The smallest absolute Gasteiger partial charge is 0.274 e. The minimum Gasteiger partial charge on any atom is -0.378 e. The van der Waals surface area contributed by atoms with E-state index < -0.39 is 0 Å². The van der Waals surface area contributed by atoms with E-state index in [1.807, 2.05) is 16.0 Å². The maximum Gasteiger partial charge on any atom is 0.274 e. The number of fused-ring (bicyclic) bond motifs is 1. The fourth-order valence-electron chi connectivity index (χ4n) is 2.73. The number of aromatic nitrogens is 2. The molecule has 0 aliphatic carbocycles. The van der Waals surface area contributed by atoms with Crippen LogP contribution in [0.5, 0.6) is 0 Å². The predicted molar refractivity (Wildman–Crippen MR) is 85.2 cm³/mol. The summed E-state index contributed by atoms with van der Waals surface area (Å²) in [6, 6.07) is 6.13. The topological polar surface area (TPSA) is 46.8 Å². The lowest BCUT2D eigenvalue weighted by Crippen LogP contribution is -2.41. The molecule has 1 aliphatic heterocycles. The number of thiazole rings is 1. The van der Waals surface area contributed by atoms with Gasteiger partial charge in [-0.2, -0.15) is 0 Å². The van der Waals surface area contributed by atoms with Crippen LogP contribution in [-0.2, 0) is 4.74 Å². The van der Waals surface area contributed by atoms with Crippen molar-refractivity contribution >= 4 is 22.2 Å². The Balaban J connectivity index is 1.82. The van der Waals surface area contributed by atoms with Crippen molar-refractivity contribution in [3.05, 3.63) is 47.4 Å². The number of morpholine rings is 1. The Bertz CT molecular complexity index is 850. The van der Waals surface area contributed by atoms with Crippen molar-refractivity contribution in [1.29, 1.82) is 0 Å². The first-order valence-corrected chi connectivity index (χ1v) is 8.20. The molecule has 1 aromatic carbocycles. The summed E-state index contributed by atoms with van der Waals surface area (Å²) in [6.07, 6.45) is 1.88. The van der Waals surface area contributed by atoms with E-state index in [0.29, 0.717) is 37.7 Å².